The third-order valence-corrected chi connectivity index (χ3v) is 6.70. The van der Waals surface area contributed by atoms with Crippen LogP contribution >= 0.6 is 0 Å². The molecule has 2 aliphatic heterocycles. The number of pyridine rings is 1. The van der Waals surface area contributed by atoms with Crippen LogP contribution in [0.4, 0.5) is 26.3 Å². The third kappa shape index (κ3) is 9.84. The van der Waals surface area contributed by atoms with Crippen LogP contribution < -0.4 is 0 Å². The van der Waals surface area contributed by atoms with Crippen molar-refractivity contribution in [3.8, 4) is 0 Å². The molecule has 1 spiro atoms. The molecule has 0 unspecified atom stereocenters. The molecule has 0 saturated carbocycles. The fourth-order valence-corrected chi connectivity index (χ4v) is 4.54. The van der Waals surface area contributed by atoms with E-state index in [2.05, 4.69) is 44.7 Å². The van der Waals surface area contributed by atoms with Gasteiger partial charge in [0.25, 0.3) is 5.91 Å². The number of aliphatic carboxylic acids is 2. The number of amides is 1. The molecule has 0 bridgehead atoms. The molecule has 40 heavy (non-hydrogen) atoms. The highest BCUT2D eigenvalue weighted by Crippen LogP contribution is 2.40. The average Bonchev–Trinajstić information content (AvgIpc) is 3.29. The number of aromatic nitrogens is 2. The smallest absolute Gasteiger partial charge is 0.475 e. The van der Waals surface area contributed by atoms with Crippen molar-refractivity contribution < 1.29 is 50.9 Å². The van der Waals surface area contributed by atoms with E-state index in [4.69, 9.17) is 19.8 Å². The van der Waals surface area contributed by atoms with Crippen LogP contribution in [0.5, 0.6) is 0 Å². The number of likely N-dealkylation sites (tertiary alicyclic amines) is 2. The monoisotopic (exact) mass is 580 g/mol. The number of alkyl halides is 6. The van der Waals surface area contributed by atoms with Gasteiger partial charge in [-0.3, -0.25) is 14.7 Å². The van der Waals surface area contributed by atoms with Crippen molar-refractivity contribution in [2.45, 2.75) is 44.6 Å². The normalized spacial score (nSPS) is 17.2. The van der Waals surface area contributed by atoms with Gasteiger partial charge in [-0.2, -0.15) is 26.3 Å². The highest BCUT2D eigenvalue weighted by Gasteiger charge is 2.40. The summed E-state index contributed by atoms with van der Waals surface area (Å²) in [6.45, 7) is 5.05. The van der Waals surface area contributed by atoms with E-state index >= 15 is 0 Å². The number of hydrogen-bond donors (Lipinski definition) is 2. The van der Waals surface area contributed by atoms with Crippen molar-refractivity contribution in [2.24, 2.45) is 12.5 Å². The molecule has 2 N–H and O–H groups in total. The fourth-order valence-electron chi connectivity index (χ4n) is 4.54. The molecule has 0 atom stereocenters. The summed E-state index contributed by atoms with van der Waals surface area (Å²) in [5, 5.41) is 14.2. The quantitative estimate of drug-likeness (QED) is 0.523. The van der Waals surface area contributed by atoms with Crippen molar-refractivity contribution >= 4 is 17.8 Å². The van der Waals surface area contributed by atoms with Gasteiger partial charge in [0.1, 0.15) is 0 Å². The van der Waals surface area contributed by atoms with Crippen molar-refractivity contribution in [1.82, 2.24) is 19.4 Å². The van der Waals surface area contributed by atoms with E-state index < -0.39 is 24.3 Å². The van der Waals surface area contributed by atoms with E-state index in [0.717, 1.165) is 39.1 Å². The minimum Gasteiger partial charge on any atom is -0.475 e. The predicted molar refractivity (Wildman–Crippen MR) is 129 cm³/mol. The topological polar surface area (TPSA) is 116 Å². The van der Waals surface area contributed by atoms with Crippen LogP contribution in [0.1, 0.15) is 41.7 Å². The Morgan fingerprint density at radius 2 is 1.50 bits per heavy atom. The lowest BCUT2D eigenvalue weighted by atomic mass is 9.72. The van der Waals surface area contributed by atoms with Crippen molar-refractivity contribution in [1.29, 1.82) is 0 Å². The highest BCUT2D eigenvalue weighted by atomic mass is 19.4. The molecule has 2 aromatic rings. The molecular formula is C25H30F6N4O5. The first kappa shape index (κ1) is 32.6. The Kier molecular flexibility index (Phi) is 11.1. The molecule has 2 fully saturated rings. The molecule has 2 aliphatic rings. The molecule has 0 radical (unpaired) electrons. The minimum atomic E-state index is -5.08. The van der Waals surface area contributed by atoms with Crippen LogP contribution in [-0.4, -0.2) is 85.9 Å². The molecule has 15 heteroatoms. The molecule has 0 aliphatic carbocycles. The summed E-state index contributed by atoms with van der Waals surface area (Å²) in [4.78, 5) is 39.3. The van der Waals surface area contributed by atoms with E-state index in [1.54, 1.807) is 12.4 Å². The summed E-state index contributed by atoms with van der Waals surface area (Å²) in [6.07, 6.45) is 0.0982. The van der Waals surface area contributed by atoms with Gasteiger partial charge in [-0.1, -0.05) is 0 Å². The number of carbonyl (C=O) groups is 3. The van der Waals surface area contributed by atoms with Crippen LogP contribution in [0, 0.1) is 5.41 Å². The second-order valence-electron chi connectivity index (χ2n) is 9.56. The number of halogens is 6. The van der Waals surface area contributed by atoms with E-state index in [1.165, 1.54) is 25.0 Å². The number of nitrogens with zero attached hydrogens (tertiary/aromatic N) is 4. The second kappa shape index (κ2) is 13.6. The first-order chi connectivity index (χ1) is 18.5. The minimum absolute atomic E-state index is 0.142. The standard InChI is InChI=1S/C21H28N4O.2C2HF3O2/c1-23-11-3-6-19(23)16-24-13-8-21(9-14-24)7-4-12-25(17-21)20(26)18-5-2-10-22-15-18;2*3-2(4,5)1(6)7/h2-3,5-6,10-11,15H,4,7-9,12-14,16-17H2,1H3;2*(H,6,7). The first-order valence-electron chi connectivity index (χ1n) is 12.2. The Morgan fingerprint density at radius 1 is 0.925 bits per heavy atom. The van der Waals surface area contributed by atoms with Crippen LogP contribution in [0.25, 0.3) is 0 Å². The Labute approximate surface area is 226 Å². The Balaban J connectivity index is 0.000000333. The number of carboxylic acids is 2. The molecule has 2 aromatic heterocycles. The lowest BCUT2D eigenvalue weighted by Crippen LogP contribution is -2.51. The summed E-state index contributed by atoms with van der Waals surface area (Å²) < 4.78 is 65.7. The molecule has 4 heterocycles. The summed E-state index contributed by atoms with van der Waals surface area (Å²) in [7, 11) is 2.11. The maximum atomic E-state index is 12.8. The zero-order valence-corrected chi connectivity index (χ0v) is 21.6. The zero-order chi connectivity index (χ0) is 30.1. The summed E-state index contributed by atoms with van der Waals surface area (Å²) in [5.74, 6) is -5.37. The van der Waals surface area contributed by atoms with E-state index in [0.29, 0.717) is 11.0 Å². The summed E-state index contributed by atoms with van der Waals surface area (Å²) >= 11 is 0. The van der Waals surface area contributed by atoms with Gasteiger partial charge in [-0.05, 0) is 68.5 Å². The Hall–Kier alpha value is -3.62. The molecule has 222 valence electrons. The number of carboxylic acid groups (broad SMARTS) is 2. The van der Waals surface area contributed by atoms with Crippen molar-refractivity contribution in [3.63, 3.8) is 0 Å². The van der Waals surface area contributed by atoms with Gasteiger partial charge in [-0.15, -0.1) is 0 Å². The van der Waals surface area contributed by atoms with Gasteiger partial charge in [0.2, 0.25) is 0 Å². The number of rotatable bonds is 3. The van der Waals surface area contributed by atoms with Gasteiger partial charge in [0.05, 0.1) is 5.56 Å². The molecular weight excluding hydrogens is 550 g/mol. The summed E-state index contributed by atoms with van der Waals surface area (Å²) in [6, 6.07) is 8.04. The maximum absolute atomic E-state index is 12.8. The number of aryl methyl sites for hydroxylation is 1. The number of piperidine rings is 2. The molecule has 1 amide bonds. The van der Waals surface area contributed by atoms with E-state index in [1.807, 2.05) is 12.1 Å². The van der Waals surface area contributed by atoms with Gasteiger partial charge >= 0.3 is 24.3 Å². The van der Waals surface area contributed by atoms with Crippen LogP contribution in [0.3, 0.4) is 0 Å². The van der Waals surface area contributed by atoms with Crippen molar-refractivity contribution in [2.75, 3.05) is 26.2 Å². The maximum Gasteiger partial charge on any atom is 0.490 e. The van der Waals surface area contributed by atoms with Crippen LogP contribution in [-0.2, 0) is 23.2 Å². The predicted octanol–water partition coefficient (Wildman–Crippen LogP) is 4.21. The van der Waals surface area contributed by atoms with Gasteiger partial charge in [0, 0.05) is 51.0 Å². The zero-order valence-electron chi connectivity index (χ0n) is 21.6. The van der Waals surface area contributed by atoms with E-state index in [9.17, 15) is 31.1 Å². The Morgan fingerprint density at radius 3 is 1.95 bits per heavy atom. The van der Waals surface area contributed by atoms with Crippen LogP contribution in [0.2, 0.25) is 0 Å². The van der Waals surface area contributed by atoms with Crippen molar-refractivity contribution in [3.05, 3.63) is 54.1 Å². The Bertz CT molecular complexity index is 1100. The SMILES string of the molecule is Cn1cccc1CN1CCC2(CCCN(C(=O)c3cccnc3)C2)CC1.O=C(O)C(F)(F)F.O=C(O)C(F)(F)F. The third-order valence-electron chi connectivity index (χ3n) is 6.70. The lowest BCUT2D eigenvalue weighted by Gasteiger charge is -2.47. The van der Waals surface area contributed by atoms with Crippen LogP contribution in [0.15, 0.2) is 42.9 Å². The average molecular weight is 581 g/mol. The first-order valence-corrected chi connectivity index (χ1v) is 12.2. The van der Waals surface area contributed by atoms with Gasteiger partial charge in [-0.25, -0.2) is 9.59 Å². The second-order valence-corrected chi connectivity index (χ2v) is 9.56. The highest BCUT2D eigenvalue weighted by molar-refractivity contribution is 5.94. The fraction of sp³-hybridized carbons (Fsp3) is 0.520. The number of carbonyl (C=O) groups excluding carboxylic acids is 1. The van der Waals surface area contributed by atoms with Gasteiger partial charge in [0.15, 0.2) is 0 Å². The number of hydrogen-bond acceptors (Lipinski definition) is 5. The lowest BCUT2D eigenvalue weighted by molar-refractivity contribution is -0.193. The van der Waals surface area contributed by atoms with Gasteiger partial charge < -0.3 is 19.7 Å². The molecule has 2 saturated heterocycles. The largest absolute Gasteiger partial charge is 0.490 e. The molecule has 4 rings (SSSR count). The molecule has 9 nitrogen and oxygen atoms in total. The molecule has 0 aromatic carbocycles. The summed E-state index contributed by atoms with van der Waals surface area (Å²) in [5.41, 5.74) is 2.39. The van der Waals surface area contributed by atoms with E-state index in [-0.39, 0.29) is 5.91 Å².